The second kappa shape index (κ2) is 14.9. The van der Waals surface area contributed by atoms with Crippen LogP contribution in [0.3, 0.4) is 0 Å². The molecule has 2 unspecified atom stereocenters. The summed E-state index contributed by atoms with van der Waals surface area (Å²) in [4.78, 5) is 11.3. The topological polar surface area (TPSA) is 74.0 Å². The van der Waals surface area contributed by atoms with Gasteiger partial charge in [-0.05, 0) is 90.6 Å². The van der Waals surface area contributed by atoms with Crippen LogP contribution in [-0.4, -0.2) is 37.7 Å². The smallest absolute Gasteiger partial charge is 0.204 e. The second-order valence-electron chi connectivity index (χ2n) is 11.0. The number of nitrogens with zero attached hydrogens (tertiary/aromatic N) is 1. The highest BCUT2D eigenvalue weighted by atomic mass is 16.6. The quantitative estimate of drug-likeness (QED) is 0.216. The Labute approximate surface area is 245 Å². The molecule has 1 saturated heterocycles. The van der Waals surface area contributed by atoms with Crippen LogP contribution in [0.25, 0.3) is 0 Å². The SMILES string of the molecule is CCCCOc1ccc(C2CC(c3ccc4c(c3)OCCO4)CN2Cc2c(CC)cc(C)cc2CC)cc1.NC=O. The van der Waals surface area contributed by atoms with Gasteiger partial charge in [0, 0.05) is 19.1 Å². The number of amides is 1. The van der Waals surface area contributed by atoms with Crippen molar-refractivity contribution in [1.82, 2.24) is 4.90 Å². The zero-order valence-corrected chi connectivity index (χ0v) is 25.2. The fourth-order valence-electron chi connectivity index (χ4n) is 6.11. The molecule has 3 aromatic rings. The van der Waals surface area contributed by atoms with E-state index in [1.54, 1.807) is 0 Å². The third-order valence-corrected chi connectivity index (χ3v) is 8.17. The van der Waals surface area contributed by atoms with Crippen LogP contribution in [0.1, 0.15) is 85.4 Å². The van der Waals surface area contributed by atoms with Crippen molar-refractivity contribution < 1.29 is 19.0 Å². The number of carbonyl (C=O) groups excluding carboxylic acids is 1. The number of rotatable bonds is 10. The number of hydrogen-bond donors (Lipinski definition) is 1. The monoisotopic (exact) mass is 558 g/mol. The van der Waals surface area contributed by atoms with Crippen molar-refractivity contribution in [2.45, 2.75) is 78.3 Å². The molecule has 1 fully saturated rings. The van der Waals surface area contributed by atoms with Crippen molar-refractivity contribution in [3.63, 3.8) is 0 Å². The molecule has 0 saturated carbocycles. The maximum absolute atomic E-state index is 8.58. The number of likely N-dealkylation sites (tertiary alicyclic amines) is 1. The lowest BCUT2D eigenvalue weighted by molar-refractivity contribution is -0.106. The molecule has 6 heteroatoms. The number of benzene rings is 3. The van der Waals surface area contributed by atoms with E-state index in [0.29, 0.717) is 25.2 Å². The standard InChI is InChI=1S/C34H43NO3.CH3NO/c1-5-8-15-36-30-12-9-27(10-13-30)32-20-29(28-11-14-33-34(21-28)38-17-16-37-33)22-35(32)23-31-25(6-2)18-24(4)19-26(31)7-3;2-1-3/h9-14,18-19,21,29,32H,5-8,15-17,20,22-23H2,1-4H3;1H,(H2,2,3). The van der Waals surface area contributed by atoms with Gasteiger partial charge in [-0.1, -0.05) is 63.1 Å². The Morgan fingerprint density at radius 1 is 0.927 bits per heavy atom. The number of ether oxygens (including phenoxy) is 3. The molecule has 0 aromatic heterocycles. The highest BCUT2D eigenvalue weighted by Crippen LogP contribution is 2.44. The van der Waals surface area contributed by atoms with Gasteiger partial charge in [-0.3, -0.25) is 9.69 Å². The number of hydrogen-bond acceptors (Lipinski definition) is 5. The maximum Gasteiger partial charge on any atom is 0.204 e. The van der Waals surface area contributed by atoms with Gasteiger partial charge in [0.15, 0.2) is 11.5 Å². The number of unbranched alkanes of at least 4 members (excludes halogenated alkanes) is 1. The van der Waals surface area contributed by atoms with E-state index in [4.69, 9.17) is 19.0 Å². The van der Waals surface area contributed by atoms with E-state index < -0.39 is 0 Å². The summed E-state index contributed by atoms with van der Waals surface area (Å²) in [6, 6.07) is 20.5. The fraction of sp³-hybridized carbons (Fsp3) is 0.457. The predicted molar refractivity (Wildman–Crippen MR) is 165 cm³/mol. The zero-order chi connectivity index (χ0) is 29.2. The third-order valence-electron chi connectivity index (χ3n) is 8.17. The summed E-state index contributed by atoms with van der Waals surface area (Å²) in [6.07, 6.45) is 5.71. The molecule has 0 radical (unpaired) electrons. The summed E-state index contributed by atoms with van der Waals surface area (Å²) in [5, 5.41) is 0. The molecule has 2 N–H and O–H groups in total. The Hall–Kier alpha value is -3.51. The van der Waals surface area contributed by atoms with Gasteiger partial charge in [0.05, 0.1) is 6.61 Å². The molecule has 0 spiro atoms. The van der Waals surface area contributed by atoms with Crippen LogP contribution in [0.2, 0.25) is 0 Å². The number of primary amides is 1. The fourth-order valence-corrected chi connectivity index (χ4v) is 6.11. The Balaban J connectivity index is 0.00000124. The predicted octanol–water partition coefficient (Wildman–Crippen LogP) is 6.90. The van der Waals surface area contributed by atoms with E-state index in [-0.39, 0.29) is 6.41 Å². The zero-order valence-electron chi connectivity index (χ0n) is 25.2. The summed E-state index contributed by atoms with van der Waals surface area (Å²) in [6.45, 7) is 13.0. The Kier molecular flexibility index (Phi) is 11.1. The van der Waals surface area contributed by atoms with Crippen molar-refractivity contribution in [2.75, 3.05) is 26.4 Å². The Morgan fingerprint density at radius 3 is 2.20 bits per heavy atom. The van der Waals surface area contributed by atoms with E-state index in [1.807, 2.05) is 0 Å². The molecule has 2 aliphatic rings. The van der Waals surface area contributed by atoms with Gasteiger partial charge in [-0.2, -0.15) is 0 Å². The normalized spacial score (nSPS) is 18.0. The number of fused-ring (bicyclic) bond motifs is 1. The van der Waals surface area contributed by atoms with Crippen LogP contribution in [-0.2, 0) is 24.2 Å². The Bertz CT molecular complexity index is 1250. The molecule has 1 amide bonds. The van der Waals surface area contributed by atoms with E-state index in [1.165, 1.54) is 33.4 Å². The highest BCUT2D eigenvalue weighted by Gasteiger charge is 2.35. The van der Waals surface area contributed by atoms with Gasteiger partial charge in [-0.25, -0.2) is 0 Å². The molecule has 2 atom stereocenters. The molecule has 41 heavy (non-hydrogen) atoms. The number of carbonyl (C=O) groups is 1. The molecule has 220 valence electrons. The van der Waals surface area contributed by atoms with Crippen LogP contribution in [0.5, 0.6) is 17.2 Å². The second-order valence-corrected chi connectivity index (χ2v) is 11.0. The van der Waals surface area contributed by atoms with Gasteiger partial charge in [0.25, 0.3) is 0 Å². The highest BCUT2D eigenvalue weighted by molar-refractivity contribution is 5.46. The first-order valence-corrected chi connectivity index (χ1v) is 15.1. The van der Waals surface area contributed by atoms with Crippen LogP contribution >= 0.6 is 0 Å². The minimum absolute atomic E-state index is 0.250. The molecule has 5 rings (SSSR count). The average Bonchev–Trinajstić information content (AvgIpc) is 3.42. The first-order chi connectivity index (χ1) is 20.0. The van der Waals surface area contributed by atoms with Crippen molar-refractivity contribution in [2.24, 2.45) is 5.73 Å². The van der Waals surface area contributed by atoms with E-state index in [0.717, 1.165) is 69.0 Å². The molecule has 3 aromatic carbocycles. The molecular formula is C35H46N2O4. The molecule has 0 aliphatic carbocycles. The van der Waals surface area contributed by atoms with Gasteiger partial charge >= 0.3 is 0 Å². The van der Waals surface area contributed by atoms with Crippen LogP contribution in [0.15, 0.2) is 54.6 Å². The molecule has 6 nitrogen and oxygen atoms in total. The summed E-state index contributed by atoms with van der Waals surface area (Å²) in [5.41, 5.74) is 12.7. The first kappa shape index (κ1) is 30.4. The molecular weight excluding hydrogens is 512 g/mol. The average molecular weight is 559 g/mol. The van der Waals surface area contributed by atoms with Crippen molar-refractivity contribution in [3.05, 3.63) is 88.0 Å². The maximum atomic E-state index is 8.58. The van der Waals surface area contributed by atoms with Crippen molar-refractivity contribution >= 4 is 6.41 Å². The summed E-state index contributed by atoms with van der Waals surface area (Å²) in [5.74, 6) is 3.16. The lowest BCUT2D eigenvalue weighted by atomic mass is 9.93. The minimum atomic E-state index is 0.250. The summed E-state index contributed by atoms with van der Waals surface area (Å²) >= 11 is 0. The molecule has 2 heterocycles. The summed E-state index contributed by atoms with van der Waals surface area (Å²) in [7, 11) is 0. The third kappa shape index (κ3) is 7.62. The Morgan fingerprint density at radius 2 is 1.56 bits per heavy atom. The molecule has 0 bridgehead atoms. The van der Waals surface area contributed by atoms with Crippen LogP contribution in [0.4, 0.5) is 0 Å². The van der Waals surface area contributed by atoms with Gasteiger partial charge in [-0.15, -0.1) is 0 Å². The lowest BCUT2D eigenvalue weighted by Crippen LogP contribution is -2.25. The van der Waals surface area contributed by atoms with Gasteiger partial charge < -0.3 is 19.9 Å². The van der Waals surface area contributed by atoms with E-state index in [9.17, 15) is 0 Å². The summed E-state index contributed by atoms with van der Waals surface area (Å²) < 4.78 is 17.7. The molecule has 2 aliphatic heterocycles. The van der Waals surface area contributed by atoms with Crippen LogP contribution in [0, 0.1) is 6.92 Å². The minimum Gasteiger partial charge on any atom is -0.494 e. The van der Waals surface area contributed by atoms with E-state index >= 15 is 0 Å². The van der Waals surface area contributed by atoms with Gasteiger partial charge in [0.1, 0.15) is 19.0 Å². The van der Waals surface area contributed by atoms with E-state index in [2.05, 4.69) is 92.9 Å². The van der Waals surface area contributed by atoms with Crippen molar-refractivity contribution in [3.8, 4) is 17.2 Å². The number of aryl methyl sites for hydroxylation is 3. The first-order valence-electron chi connectivity index (χ1n) is 15.1. The largest absolute Gasteiger partial charge is 0.494 e. The lowest BCUT2D eigenvalue weighted by Gasteiger charge is -2.27. The van der Waals surface area contributed by atoms with Gasteiger partial charge in [0.2, 0.25) is 6.41 Å². The van der Waals surface area contributed by atoms with Crippen molar-refractivity contribution in [1.29, 1.82) is 0 Å². The van der Waals surface area contributed by atoms with Crippen LogP contribution < -0.4 is 19.9 Å². The number of nitrogens with two attached hydrogens (primary N) is 1.